The van der Waals surface area contributed by atoms with E-state index in [1.165, 1.54) is 6.42 Å². The maximum atomic E-state index is 12.6. The molecular weight excluding hydrogens is 250 g/mol. The number of carbonyl (C=O) groups excluding carboxylic acids is 1. The highest BCUT2D eigenvalue weighted by atomic mass is 16.2. The van der Waals surface area contributed by atoms with Gasteiger partial charge in [0, 0.05) is 31.0 Å². The normalized spacial score (nSPS) is 18.9. The van der Waals surface area contributed by atoms with Crippen LogP contribution >= 0.6 is 0 Å². The molecule has 20 heavy (non-hydrogen) atoms. The first kappa shape index (κ1) is 14.8. The Morgan fingerprint density at radius 1 is 1.45 bits per heavy atom. The minimum atomic E-state index is 0.0803. The van der Waals surface area contributed by atoms with Gasteiger partial charge < -0.3 is 10.2 Å². The fourth-order valence-electron chi connectivity index (χ4n) is 2.77. The van der Waals surface area contributed by atoms with Gasteiger partial charge in [0.2, 0.25) is 0 Å². The van der Waals surface area contributed by atoms with E-state index in [1.54, 1.807) is 6.20 Å². The fourth-order valence-corrected chi connectivity index (χ4v) is 2.77. The first-order valence-electron chi connectivity index (χ1n) is 7.77. The molecular formula is C16H25N3O. The topological polar surface area (TPSA) is 45.2 Å². The van der Waals surface area contributed by atoms with Crippen molar-refractivity contribution in [1.82, 2.24) is 9.88 Å². The minimum Gasteiger partial charge on any atom is -0.385 e. The molecule has 1 aliphatic heterocycles. The van der Waals surface area contributed by atoms with Crippen LogP contribution < -0.4 is 5.32 Å². The van der Waals surface area contributed by atoms with Crippen molar-refractivity contribution in [2.45, 2.75) is 52.0 Å². The van der Waals surface area contributed by atoms with Gasteiger partial charge >= 0.3 is 0 Å². The average Bonchev–Trinajstić information content (AvgIpc) is 2.52. The Balaban J connectivity index is 2.11. The summed E-state index contributed by atoms with van der Waals surface area (Å²) in [5, 5.41) is 3.31. The number of piperidine rings is 1. The number of nitrogens with one attached hydrogen (secondary N) is 1. The minimum absolute atomic E-state index is 0.0803. The predicted octanol–water partition coefficient (Wildman–Crippen LogP) is 3.31. The van der Waals surface area contributed by atoms with Crippen LogP contribution in [0.3, 0.4) is 0 Å². The SMILES string of the molecule is CCCNc1ccnc(C(=O)N2CCCCC2CC)c1. The summed E-state index contributed by atoms with van der Waals surface area (Å²) in [6.45, 7) is 6.06. The molecule has 1 unspecified atom stereocenters. The number of nitrogens with zero attached hydrogens (tertiary/aromatic N) is 2. The molecule has 4 heteroatoms. The van der Waals surface area contributed by atoms with Gasteiger partial charge in [0.25, 0.3) is 5.91 Å². The number of rotatable bonds is 5. The van der Waals surface area contributed by atoms with Crippen molar-refractivity contribution >= 4 is 11.6 Å². The molecule has 1 fully saturated rings. The largest absolute Gasteiger partial charge is 0.385 e. The summed E-state index contributed by atoms with van der Waals surface area (Å²) >= 11 is 0. The number of hydrogen-bond donors (Lipinski definition) is 1. The predicted molar refractivity (Wildman–Crippen MR) is 82.0 cm³/mol. The van der Waals surface area contributed by atoms with Gasteiger partial charge in [0.1, 0.15) is 5.69 Å². The molecule has 0 aliphatic carbocycles. The Labute approximate surface area is 121 Å². The van der Waals surface area contributed by atoms with E-state index in [9.17, 15) is 4.79 Å². The molecule has 1 atom stereocenters. The zero-order valence-corrected chi connectivity index (χ0v) is 12.6. The summed E-state index contributed by atoms with van der Waals surface area (Å²) in [5.41, 5.74) is 1.54. The Hall–Kier alpha value is -1.58. The Morgan fingerprint density at radius 3 is 3.05 bits per heavy atom. The summed E-state index contributed by atoms with van der Waals surface area (Å²) in [7, 11) is 0. The number of anilines is 1. The van der Waals surface area contributed by atoms with Crippen LogP contribution in [0.25, 0.3) is 0 Å². The molecule has 1 N–H and O–H groups in total. The van der Waals surface area contributed by atoms with Gasteiger partial charge in [-0.25, -0.2) is 0 Å². The van der Waals surface area contributed by atoms with Crippen LogP contribution in [0.5, 0.6) is 0 Å². The van der Waals surface area contributed by atoms with E-state index in [1.807, 2.05) is 17.0 Å². The number of amides is 1. The van der Waals surface area contributed by atoms with Crippen LogP contribution in [-0.4, -0.2) is 34.9 Å². The number of aromatic nitrogens is 1. The van der Waals surface area contributed by atoms with Gasteiger partial charge in [-0.05, 0) is 44.2 Å². The molecule has 1 aromatic rings. The first-order chi connectivity index (χ1) is 9.76. The molecule has 1 aromatic heterocycles. The Kier molecular flexibility index (Phi) is 5.39. The number of hydrogen-bond acceptors (Lipinski definition) is 3. The lowest BCUT2D eigenvalue weighted by atomic mass is 9.99. The molecule has 110 valence electrons. The molecule has 0 bridgehead atoms. The lowest BCUT2D eigenvalue weighted by Gasteiger charge is -2.35. The molecule has 1 amide bonds. The third-order valence-corrected chi connectivity index (χ3v) is 3.92. The highest BCUT2D eigenvalue weighted by molar-refractivity contribution is 5.93. The van der Waals surface area contributed by atoms with Gasteiger partial charge in [-0.2, -0.15) is 0 Å². The van der Waals surface area contributed by atoms with Crippen molar-refractivity contribution in [3.8, 4) is 0 Å². The molecule has 0 radical (unpaired) electrons. The van der Waals surface area contributed by atoms with Gasteiger partial charge in [0.05, 0.1) is 0 Å². The number of carbonyl (C=O) groups is 1. The summed E-state index contributed by atoms with van der Waals surface area (Å²) in [6.07, 6.45) is 7.27. The quantitative estimate of drug-likeness (QED) is 0.896. The Morgan fingerprint density at radius 2 is 2.30 bits per heavy atom. The second kappa shape index (κ2) is 7.27. The van der Waals surface area contributed by atoms with Crippen LogP contribution in [0.4, 0.5) is 5.69 Å². The monoisotopic (exact) mass is 275 g/mol. The molecule has 2 rings (SSSR count). The van der Waals surface area contributed by atoms with Crippen molar-refractivity contribution < 1.29 is 4.79 Å². The second-order valence-corrected chi connectivity index (χ2v) is 5.41. The fraction of sp³-hybridized carbons (Fsp3) is 0.625. The molecule has 0 aromatic carbocycles. The van der Waals surface area contributed by atoms with Gasteiger partial charge in [-0.1, -0.05) is 13.8 Å². The van der Waals surface area contributed by atoms with E-state index >= 15 is 0 Å². The maximum absolute atomic E-state index is 12.6. The van der Waals surface area contributed by atoms with Gasteiger partial charge in [-0.15, -0.1) is 0 Å². The van der Waals surface area contributed by atoms with Crippen LogP contribution in [-0.2, 0) is 0 Å². The third kappa shape index (κ3) is 3.50. The van der Waals surface area contributed by atoms with Crippen molar-refractivity contribution in [3.05, 3.63) is 24.0 Å². The van der Waals surface area contributed by atoms with Gasteiger partial charge in [0.15, 0.2) is 0 Å². The molecule has 1 saturated heterocycles. The van der Waals surface area contributed by atoms with E-state index in [2.05, 4.69) is 24.1 Å². The van der Waals surface area contributed by atoms with Gasteiger partial charge in [-0.3, -0.25) is 9.78 Å². The van der Waals surface area contributed by atoms with E-state index in [0.29, 0.717) is 11.7 Å². The zero-order chi connectivity index (χ0) is 14.4. The first-order valence-corrected chi connectivity index (χ1v) is 7.77. The molecule has 2 heterocycles. The molecule has 0 saturated carbocycles. The van der Waals surface area contributed by atoms with Crippen LogP contribution in [0.2, 0.25) is 0 Å². The molecule has 4 nitrogen and oxygen atoms in total. The molecule has 0 spiro atoms. The van der Waals surface area contributed by atoms with E-state index < -0.39 is 0 Å². The van der Waals surface area contributed by atoms with E-state index in [-0.39, 0.29) is 5.91 Å². The van der Waals surface area contributed by atoms with Crippen LogP contribution in [0, 0.1) is 0 Å². The third-order valence-electron chi connectivity index (χ3n) is 3.92. The van der Waals surface area contributed by atoms with Crippen molar-refractivity contribution in [1.29, 1.82) is 0 Å². The summed E-state index contributed by atoms with van der Waals surface area (Å²) < 4.78 is 0. The van der Waals surface area contributed by atoms with Crippen LogP contribution in [0.1, 0.15) is 56.4 Å². The summed E-state index contributed by atoms with van der Waals surface area (Å²) in [4.78, 5) is 18.9. The van der Waals surface area contributed by atoms with E-state index in [4.69, 9.17) is 0 Å². The number of likely N-dealkylation sites (tertiary alicyclic amines) is 1. The average molecular weight is 275 g/mol. The van der Waals surface area contributed by atoms with Crippen molar-refractivity contribution in [2.24, 2.45) is 0 Å². The van der Waals surface area contributed by atoms with Crippen molar-refractivity contribution in [2.75, 3.05) is 18.4 Å². The van der Waals surface area contributed by atoms with E-state index in [0.717, 1.165) is 44.5 Å². The highest BCUT2D eigenvalue weighted by Gasteiger charge is 2.26. The summed E-state index contributed by atoms with van der Waals surface area (Å²) in [6, 6.07) is 4.17. The Bertz CT molecular complexity index is 447. The maximum Gasteiger partial charge on any atom is 0.272 e. The van der Waals surface area contributed by atoms with Crippen molar-refractivity contribution in [3.63, 3.8) is 0 Å². The second-order valence-electron chi connectivity index (χ2n) is 5.41. The van der Waals surface area contributed by atoms with Crippen LogP contribution in [0.15, 0.2) is 18.3 Å². The summed E-state index contributed by atoms with van der Waals surface area (Å²) in [5.74, 6) is 0.0803. The standard InChI is InChI=1S/C16H25N3O/c1-3-9-17-13-8-10-18-15(12-13)16(20)19-11-6-5-7-14(19)4-2/h8,10,12,14H,3-7,9,11H2,1-2H3,(H,17,18). The lowest BCUT2D eigenvalue weighted by molar-refractivity contribution is 0.0602. The highest BCUT2D eigenvalue weighted by Crippen LogP contribution is 2.22. The lowest BCUT2D eigenvalue weighted by Crippen LogP contribution is -2.43. The molecule has 1 aliphatic rings. The number of pyridine rings is 1. The zero-order valence-electron chi connectivity index (χ0n) is 12.6. The smallest absolute Gasteiger partial charge is 0.272 e.